The number of anilines is 1. The summed E-state index contributed by atoms with van der Waals surface area (Å²) >= 11 is 0. The standard InChI is InChI=1S/C40H67N7O6/c1-13-26(4)36(46(10)40(51)35(25(2)3)43-38(49)28(6)44(7)8)33(52-11)24-34(48)47-21-15-18-32(47)37(53-12)27(5)39(50)45(9)31(19-20-41)23-29-16-14-17-30(42)22-29/h14,16-17,22,25-28,31-33,35-37H,13,15,18-19,21,23-24,42H2,1-12H3,(H,43,49)/t26-,27+,28+,31+,32-,33+,35-,36-,37+/m0/s1. The number of rotatable bonds is 20. The van der Waals surface area contributed by atoms with Crippen LogP contribution in [0.15, 0.2) is 24.3 Å². The highest BCUT2D eigenvalue weighted by Gasteiger charge is 2.43. The van der Waals surface area contributed by atoms with Crippen LogP contribution in [0.1, 0.15) is 79.2 Å². The number of methoxy groups -OCH3 is 2. The van der Waals surface area contributed by atoms with Gasteiger partial charge in [-0.3, -0.25) is 24.1 Å². The Bertz CT molecular complexity index is 1400. The molecule has 0 saturated carbocycles. The van der Waals surface area contributed by atoms with E-state index in [0.29, 0.717) is 25.1 Å². The zero-order chi connectivity index (χ0) is 40.2. The molecule has 0 aliphatic carbocycles. The van der Waals surface area contributed by atoms with E-state index in [1.807, 2.05) is 66.9 Å². The fraction of sp³-hybridized carbons (Fsp3) is 0.725. The minimum Gasteiger partial charge on any atom is -0.399 e. The van der Waals surface area contributed by atoms with Crippen molar-refractivity contribution in [3.05, 3.63) is 29.8 Å². The monoisotopic (exact) mass is 742 g/mol. The van der Waals surface area contributed by atoms with Gasteiger partial charge in [-0.1, -0.05) is 53.2 Å². The predicted molar refractivity (Wildman–Crippen MR) is 207 cm³/mol. The van der Waals surface area contributed by atoms with E-state index < -0.39 is 36.3 Å². The van der Waals surface area contributed by atoms with Gasteiger partial charge < -0.3 is 35.2 Å². The molecule has 1 aromatic carbocycles. The van der Waals surface area contributed by atoms with Gasteiger partial charge in [0.15, 0.2) is 0 Å². The Kier molecular flexibility index (Phi) is 18.2. The molecular weight excluding hydrogens is 674 g/mol. The zero-order valence-electron chi connectivity index (χ0n) is 34.3. The second kappa shape index (κ2) is 21.2. The number of nitriles is 1. The highest BCUT2D eigenvalue weighted by Crippen LogP contribution is 2.30. The number of benzene rings is 1. The van der Waals surface area contributed by atoms with Crippen LogP contribution in [0.25, 0.3) is 0 Å². The number of nitrogen functional groups attached to an aromatic ring is 1. The van der Waals surface area contributed by atoms with Crippen molar-refractivity contribution in [2.75, 3.05) is 54.7 Å². The highest BCUT2D eigenvalue weighted by molar-refractivity contribution is 5.90. The molecule has 1 aliphatic rings. The molecule has 4 amide bonds. The Morgan fingerprint density at radius 2 is 1.68 bits per heavy atom. The number of hydrogen-bond acceptors (Lipinski definition) is 9. The van der Waals surface area contributed by atoms with Gasteiger partial charge in [-0.15, -0.1) is 0 Å². The fourth-order valence-electron chi connectivity index (χ4n) is 7.48. The Morgan fingerprint density at radius 1 is 1.02 bits per heavy atom. The molecule has 9 atom stereocenters. The Labute approximate surface area is 318 Å². The Balaban J connectivity index is 2.29. The molecule has 1 aliphatic heterocycles. The molecule has 1 heterocycles. The van der Waals surface area contributed by atoms with Gasteiger partial charge in [-0.2, -0.15) is 5.26 Å². The first-order chi connectivity index (χ1) is 24.9. The topological polar surface area (TPSA) is 162 Å². The summed E-state index contributed by atoms with van der Waals surface area (Å²) in [5.41, 5.74) is 7.54. The molecule has 0 bridgehead atoms. The van der Waals surface area contributed by atoms with E-state index in [1.54, 1.807) is 60.9 Å². The van der Waals surface area contributed by atoms with E-state index in [-0.39, 0.29) is 60.4 Å². The van der Waals surface area contributed by atoms with E-state index in [2.05, 4.69) is 11.4 Å². The number of ether oxygens (including phenoxy) is 2. The second-order valence-electron chi connectivity index (χ2n) is 15.4. The van der Waals surface area contributed by atoms with Gasteiger partial charge in [0.25, 0.3) is 0 Å². The average Bonchev–Trinajstić information content (AvgIpc) is 3.61. The van der Waals surface area contributed by atoms with Gasteiger partial charge in [-0.25, -0.2) is 0 Å². The van der Waals surface area contributed by atoms with E-state index in [0.717, 1.165) is 18.4 Å². The van der Waals surface area contributed by atoms with Crippen molar-refractivity contribution in [3.63, 3.8) is 0 Å². The molecule has 0 aromatic heterocycles. The molecule has 53 heavy (non-hydrogen) atoms. The SMILES string of the molecule is CC[C@H](C)[C@@H]([C@@H](CC(=O)N1CCC[C@H]1[C@H](OC)[C@@H](C)C(=O)N(C)[C@H](CC#N)Cc1cccc(N)c1)OC)N(C)C(=O)[C@@H](NC(=O)[C@@H](C)N(C)C)C(C)C. The third-order valence-corrected chi connectivity index (χ3v) is 11.3. The first kappa shape index (κ1) is 45.4. The number of carbonyl (C=O) groups excluding carboxylic acids is 4. The number of likely N-dealkylation sites (N-methyl/N-ethyl adjacent to an activating group) is 3. The minimum atomic E-state index is -0.754. The summed E-state index contributed by atoms with van der Waals surface area (Å²) in [6, 6.07) is 7.33. The van der Waals surface area contributed by atoms with Crippen LogP contribution in [-0.4, -0.2) is 135 Å². The van der Waals surface area contributed by atoms with Crippen LogP contribution >= 0.6 is 0 Å². The third kappa shape index (κ3) is 11.9. The largest absolute Gasteiger partial charge is 0.399 e. The Morgan fingerprint density at radius 3 is 2.21 bits per heavy atom. The molecule has 13 heteroatoms. The molecule has 13 nitrogen and oxygen atoms in total. The molecule has 1 fully saturated rings. The van der Waals surface area contributed by atoms with E-state index in [1.165, 1.54) is 0 Å². The van der Waals surface area contributed by atoms with Crippen LogP contribution < -0.4 is 11.1 Å². The van der Waals surface area contributed by atoms with Gasteiger partial charge in [0.2, 0.25) is 23.6 Å². The van der Waals surface area contributed by atoms with Gasteiger partial charge in [0, 0.05) is 46.6 Å². The van der Waals surface area contributed by atoms with Crippen LogP contribution in [0.2, 0.25) is 0 Å². The lowest BCUT2D eigenvalue weighted by Crippen LogP contribution is -2.59. The van der Waals surface area contributed by atoms with E-state index >= 15 is 0 Å². The molecule has 0 unspecified atom stereocenters. The summed E-state index contributed by atoms with van der Waals surface area (Å²) in [5.74, 6) is -1.56. The molecule has 0 spiro atoms. The lowest BCUT2D eigenvalue weighted by molar-refractivity contribution is -0.149. The predicted octanol–water partition coefficient (Wildman–Crippen LogP) is 3.56. The molecule has 1 aromatic rings. The highest BCUT2D eigenvalue weighted by atomic mass is 16.5. The summed E-state index contributed by atoms with van der Waals surface area (Å²) in [6.07, 6.45) is 1.62. The van der Waals surface area contributed by atoms with Gasteiger partial charge in [0.1, 0.15) is 6.04 Å². The molecule has 0 radical (unpaired) electrons. The van der Waals surface area contributed by atoms with Crippen LogP contribution in [0.5, 0.6) is 0 Å². The number of nitrogens with two attached hydrogens (primary N) is 1. The van der Waals surface area contributed by atoms with Crippen LogP contribution in [0.3, 0.4) is 0 Å². The first-order valence-electron chi connectivity index (χ1n) is 19.0. The quantitative estimate of drug-likeness (QED) is 0.191. The minimum absolute atomic E-state index is 0.0196. The number of likely N-dealkylation sites (tertiary alicyclic amines) is 1. The van der Waals surface area contributed by atoms with Crippen LogP contribution in [-0.2, 0) is 35.1 Å². The zero-order valence-corrected chi connectivity index (χ0v) is 34.3. The molecule has 3 N–H and O–H groups in total. The maximum Gasteiger partial charge on any atom is 0.245 e. The first-order valence-corrected chi connectivity index (χ1v) is 19.0. The van der Waals surface area contributed by atoms with Crippen molar-refractivity contribution < 1.29 is 28.7 Å². The van der Waals surface area contributed by atoms with Gasteiger partial charge >= 0.3 is 0 Å². The van der Waals surface area contributed by atoms with Crippen molar-refractivity contribution in [1.29, 1.82) is 5.26 Å². The molecule has 298 valence electrons. The van der Waals surface area contributed by atoms with Crippen LogP contribution in [0, 0.1) is 29.1 Å². The fourth-order valence-corrected chi connectivity index (χ4v) is 7.48. The van der Waals surface area contributed by atoms with Crippen molar-refractivity contribution in [3.8, 4) is 6.07 Å². The summed E-state index contributed by atoms with van der Waals surface area (Å²) in [5, 5.41) is 12.6. The lowest BCUT2D eigenvalue weighted by Gasteiger charge is -2.41. The molecular formula is C40H67N7O6. The summed E-state index contributed by atoms with van der Waals surface area (Å²) in [6.45, 7) is 12.0. The number of nitrogens with zero attached hydrogens (tertiary/aromatic N) is 5. The summed E-state index contributed by atoms with van der Waals surface area (Å²) in [7, 11) is 10.2. The van der Waals surface area contributed by atoms with Gasteiger partial charge in [-0.05, 0) is 69.8 Å². The maximum atomic E-state index is 14.2. The number of amides is 4. The van der Waals surface area contributed by atoms with Gasteiger partial charge in [0.05, 0.1) is 55.2 Å². The number of nitrogens with one attached hydrogen (secondary N) is 1. The summed E-state index contributed by atoms with van der Waals surface area (Å²) < 4.78 is 12.0. The summed E-state index contributed by atoms with van der Waals surface area (Å²) in [4.78, 5) is 62.2. The van der Waals surface area contributed by atoms with Crippen molar-refractivity contribution in [2.24, 2.45) is 17.8 Å². The van der Waals surface area contributed by atoms with Crippen molar-refractivity contribution in [1.82, 2.24) is 24.9 Å². The van der Waals surface area contributed by atoms with E-state index in [9.17, 15) is 24.4 Å². The van der Waals surface area contributed by atoms with Crippen molar-refractivity contribution in [2.45, 2.75) is 122 Å². The maximum absolute atomic E-state index is 14.2. The number of hydrogen-bond donors (Lipinski definition) is 2. The van der Waals surface area contributed by atoms with E-state index in [4.69, 9.17) is 15.2 Å². The molecule has 2 rings (SSSR count). The van der Waals surface area contributed by atoms with Crippen molar-refractivity contribution >= 4 is 29.3 Å². The average molecular weight is 742 g/mol. The molecule has 1 saturated heterocycles. The Hall–Kier alpha value is -3.73. The third-order valence-electron chi connectivity index (χ3n) is 11.3. The normalized spacial score (nSPS) is 19.0. The lowest BCUT2D eigenvalue weighted by atomic mass is 9.89. The second-order valence-corrected chi connectivity index (χ2v) is 15.4. The van der Waals surface area contributed by atoms with Crippen LogP contribution in [0.4, 0.5) is 5.69 Å². The smallest absolute Gasteiger partial charge is 0.245 e. The number of carbonyl (C=O) groups is 4.